The maximum Gasteiger partial charge on any atom is 0.190 e. The van der Waals surface area contributed by atoms with Gasteiger partial charge in [0, 0.05) is 15.8 Å². The smallest absolute Gasteiger partial charge is 0.190 e. The molecule has 19 heavy (non-hydrogen) atoms. The van der Waals surface area contributed by atoms with Gasteiger partial charge in [0.15, 0.2) is 11.2 Å². The van der Waals surface area contributed by atoms with Crippen molar-refractivity contribution in [2.45, 2.75) is 6.92 Å². The number of carbonyl (C=O) groups excluding carboxylic acids is 1. The molecule has 0 saturated heterocycles. The molecular formula is C15H10O3S. The molecule has 4 heteroatoms. The van der Waals surface area contributed by atoms with E-state index in [0.29, 0.717) is 11.1 Å². The Kier molecular flexibility index (Phi) is 2.80. The van der Waals surface area contributed by atoms with Crippen LogP contribution >= 0.6 is 11.3 Å². The van der Waals surface area contributed by atoms with E-state index < -0.39 is 0 Å². The Bertz CT molecular complexity index is 813. The highest BCUT2D eigenvalue weighted by molar-refractivity contribution is 7.13. The third-order valence-electron chi connectivity index (χ3n) is 2.95. The van der Waals surface area contributed by atoms with Crippen LogP contribution in [0, 0.1) is 0 Å². The van der Waals surface area contributed by atoms with E-state index in [1.165, 1.54) is 24.3 Å². The molecule has 0 aliphatic carbocycles. The molecule has 0 aliphatic heterocycles. The highest BCUT2D eigenvalue weighted by Crippen LogP contribution is 2.33. The summed E-state index contributed by atoms with van der Waals surface area (Å²) in [5.74, 6) is -0.248. The first-order valence-corrected chi connectivity index (χ1v) is 6.66. The molecule has 3 aromatic rings. The topological polar surface area (TPSA) is 47.3 Å². The fourth-order valence-corrected chi connectivity index (χ4v) is 2.92. The van der Waals surface area contributed by atoms with Gasteiger partial charge in [-0.15, -0.1) is 11.3 Å². The van der Waals surface area contributed by atoms with Gasteiger partial charge in [0.05, 0.1) is 11.8 Å². The van der Waals surface area contributed by atoms with Crippen LogP contribution in [0.3, 0.4) is 0 Å². The normalized spacial score (nSPS) is 10.8. The van der Waals surface area contributed by atoms with E-state index in [2.05, 4.69) is 0 Å². The lowest BCUT2D eigenvalue weighted by Gasteiger charge is -2.00. The maximum atomic E-state index is 12.1. The van der Waals surface area contributed by atoms with Gasteiger partial charge in [-0.3, -0.25) is 9.59 Å². The minimum absolute atomic E-state index is 0.187. The molecule has 0 saturated carbocycles. The number of thiophene rings is 1. The van der Waals surface area contributed by atoms with Crippen LogP contribution in [-0.2, 0) is 0 Å². The third kappa shape index (κ3) is 1.90. The van der Waals surface area contributed by atoms with Crippen molar-refractivity contribution in [3.05, 3.63) is 57.8 Å². The first-order chi connectivity index (χ1) is 9.18. The predicted octanol–water partition coefficient (Wildman–Crippen LogP) is 3.72. The average molecular weight is 270 g/mol. The van der Waals surface area contributed by atoms with Gasteiger partial charge in [-0.25, -0.2) is 0 Å². The van der Waals surface area contributed by atoms with Gasteiger partial charge in [-0.2, -0.15) is 0 Å². The van der Waals surface area contributed by atoms with Crippen molar-refractivity contribution in [3.8, 4) is 10.4 Å². The van der Waals surface area contributed by atoms with E-state index in [-0.39, 0.29) is 16.8 Å². The second kappa shape index (κ2) is 4.48. The van der Waals surface area contributed by atoms with Crippen LogP contribution < -0.4 is 5.43 Å². The number of hydrogen-bond acceptors (Lipinski definition) is 4. The summed E-state index contributed by atoms with van der Waals surface area (Å²) < 4.78 is 5.49. The second-order valence-electron chi connectivity index (χ2n) is 4.19. The summed E-state index contributed by atoms with van der Waals surface area (Å²) in [5, 5.41) is 2.72. The molecular weight excluding hydrogens is 260 g/mol. The number of ketones is 1. The Labute approximate surface area is 113 Å². The minimum Gasteiger partial charge on any atom is -0.464 e. The van der Waals surface area contributed by atoms with Gasteiger partial charge in [-0.05, 0) is 36.6 Å². The molecule has 0 radical (unpaired) electrons. The summed E-state index contributed by atoms with van der Waals surface area (Å²) in [6.07, 6.45) is 1.57. The van der Waals surface area contributed by atoms with Crippen molar-refractivity contribution in [2.75, 3.05) is 0 Å². The minimum atomic E-state index is -0.276. The molecule has 1 aromatic carbocycles. The molecule has 94 valence electrons. The molecule has 0 amide bonds. The van der Waals surface area contributed by atoms with Crippen molar-refractivity contribution in [3.63, 3.8) is 0 Å². The SMILES string of the molecule is CC(=O)c1c(-c2cccs2)c2occc2ccc1=O. The molecule has 0 bridgehead atoms. The maximum absolute atomic E-state index is 12.1. The summed E-state index contributed by atoms with van der Waals surface area (Å²) in [7, 11) is 0. The highest BCUT2D eigenvalue weighted by atomic mass is 32.1. The van der Waals surface area contributed by atoms with Crippen LogP contribution in [0.5, 0.6) is 0 Å². The van der Waals surface area contributed by atoms with E-state index >= 15 is 0 Å². The first kappa shape index (κ1) is 11.9. The first-order valence-electron chi connectivity index (χ1n) is 5.78. The highest BCUT2D eigenvalue weighted by Gasteiger charge is 2.18. The fourth-order valence-electron chi connectivity index (χ4n) is 2.14. The van der Waals surface area contributed by atoms with Crippen molar-refractivity contribution in [1.29, 1.82) is 0 Å². The Hall–Kier alpha value is -2.20. The monoisotopic (exact) mass is 270 g/mol. The van der Waals surface area contributed by atoms with Crippen LogP contribution in [-0.4, -0.2) is 5.78 Å². The number of carbonyl (C=O) groups is 1. The number of furan rings is 1. The predicted molar refractivity (Wildman–Crippen MR) is 75.8 cm³/mol. The molecule has 0 aliphatic rings. The number of hydrogen-bond donors (Lipinski definition) is 0. The van der Waals surface area contributed by atoms with Gasteiger partial charge in [0.25, 0.3) is 0 Å². The molecule has 0 atom stereocenters. The lowest BCUT2D eigenvalue weighted by atomic mass is 10.0. The summed E-state index contributed by atoms with van der Waals surface area (Å²) in [6, 6.07) is 8.66. The van der Waals surface area contributed by atoms with E-state index in [1.807, 2.05) is 17.5 Å². The number of Topliss-reactive ketones (excluding diaryl/α,β-unsaturated/α-hetero) is 1. The fraction of sp³-hybridized carbons (Fsp3) is 0.0667. The molecule has 0 unspecified atom stereocenters. The molecule has 0 spiro atoms. The summed E-state index contributed by atoms with van der Waals surface area (Å²) in [6.45, 7) is 1.41. The van der Waals surface area contributed by atoms with Crippen molar-refractivity contribution >= 4 is 28.1 Å². The molecule has 3 rings (SSSR count). The summed E-state index contributed by atoms with van der Waals surface area (Å²) in [4.78, 5) is 24.8. The van der Waals surface area contributed by atoms with E-state index in [0.717, 1.165) is 10.3 Å². The van der Waals surface area contributed by atoms with Gasteiger partial charge in [0.1, 0.15) is 5.58 Å². The zero-order valence-corrected chi connectivity index (χ0v) is 11.0. The Balaban J connectivity index is 2.58. The average Bonchev–Trinajstić information content (AvgIpc) is 3.02. The van der Waals surface area contributed by atoms with E-state index in [1.54, 1.807) is 18.4 Å². The Morgan fingerprint density at radius 3 is 2.74 bits per heavy atom. The molecule has 3 nitrogen and oxygen atoms in total. The van der Waals surface area contributed by atoms with Crippen molar-refractivity contribution in [2.24, 2.45) is 0 Å². The Morgan fingerprint density at radius 1 is 1.21 bits per heavy atom. The molecule has 0 fully saturated rings. The van der Waals surface area contributed by atoms with Crippen LogP contribution in [0.15, 0.2) is 51.2 Å². The number of fused-ring (bicyclic) bond motifs is 1. The van der Waals surface area contributed by atoms with Crippen LogP contribution in [0.1, 0.15) is 17.3 Å². The quantitative estimate of drug-likeness (QED) is 0.667. The van der Waals surface area contributed by atoms with Gasteiger partial charge in [-0.1, -0.05) is 6.07 Å². The van der Waals surface area contributed by atoms with Gasteiger partial charge < -0.3 is 4.42 Å². The lowest BCUT2D eigenvalue weighted by molar-refractivity contribution is 0.101. The number of rotatable bonds is 2. The summed E-state index contributed by atoms with van der Waals surface area (Å²) in [5.41, 5.74) is 1.09. The largest absolute Gasteiger partial charge is 0.464 e. The van der Waals surface area contributed by atoms with Crippen molar-refractivity contribution < 1.29 is 9.21 Å². The summed E-state index contributed by atoms with van der Waals surface area (Å²) >= 11 is 1.48. The van der Waals surface area contributed by atoms with E-state index in [9.17, 15) is 9.59 Å². The molecule has 2 aromatic heterocycles. The van der Waals surface area contributed by atoms with Crippen molar-refractivity contribution in [1.82, 2.24) is 0 Å². The van der Waals surface area contributed by atoms with Gasteiger partial charge >= 0.3 is 0 Å². The zero-order valence-electron chi connectivity index (χ0n) is 10.2. The molecule has 0 N–H and O–H groups in total. The van der Waals surface area contributed by atoms with Crippen LogP contribution in [0.4, 0.5) is 0 Å². The zero-order chi connectivity index (χ0) is 13.4. The standard InChI is InChI=1S/C15H10O3S/c1-9(16)13-11(17)5-4-10-6-7-18-15(10)14(13)12-3-2-8-19-12/h2-8H,1H3. The lowest BCUT2D eigenvalue weighted by Crippen LogP contribution is -2.10. The van der Waals surface area contributed by atoms with Crippen LogP contribution in [0.25, 0.3) is 21.4 Å². The van der Waals surface area contributed by atoms with Crippen LogP contribution in [0.2, 0.25) is 0 Å². The second-order valence-corrected chi connectivity index (χ2v) is 5.13. The third-order valence-corrected chi connectivity index (χ3v) is 3.84. The van der Waals surface area contributed by atoms with E-state index in [4.69, 9.17) is 4.42 Å². The van der Waals surface area contributed by atoms with Gasteiger partial charge in [0.2, 0.25) is 0 Å². The molecule has 2 heterocycles. The Morgan fingerprint density at radius 2 is 2.05 bits per heavy atom.